The molecule has 1 heterocycles. The number of carbonyl (C=O) groups excluding carboxylic acids is 1. The number of ether oxygens (including phenoxy) is 1. The minimum atomic E-state index is -0.408. The largest absolute Gasteiger partial charge is 1.00 e. The Hall–Kier alpha value is -1.49. The molecular weight excluding hydrogens is 284 g/mol. The van der Waals surface area contributed by atoms with Crippen molar-refractivity contribution in [3.63, 3.8) is 0 Å². The first-order valence-corrected chi connectivity index (χ1v) is 5.07. The SMILES string of the molecule is COC(=O)C(C)[n+]1ccc2ccccc2n1.[Br-]. The van der Waals surface area contributed by atoms with E-state index < -0.39 is 6.04 Å². The van der Waals surface area contributed by atoms with Crippen molar-refractivity contribution >= 4 is 16.9 Å². The molecule has 1 aromatic carbocycles. The van der Waals surface area contributed by atoms with E-state index in [-0.39, 0.29) is 23.0 Å². The van der Waals surface area contributed by atoms with Gasteiger partial charge in [0, 0.05) is 23.5 Å². The Morgan fingerprint density at radius 3 is 2.76 bits per heavy atom. The first kappa shape index (κ1) is 13.6. The van der Waals surface area contributed by atoms with Crippen LogP contribution in [-0.4, -0.2) is 18.2 Å². The summed E-state index contributed by atoms with van der Waals surface area (Å²) in [6, 6.07) is 9.29. The lowest BCUT2D eigenvalue weighted by molar-refractivity contribution is -0.761. The van der Waals surface area contributed by atoms with Crippen molar-refractivity contribution in [2.24, 2.45) is 0 Å². The maximum atomic E-state index is 11.4. The van der Waals surface area contributed by atoms with Crippen LogP contribution in [0.4, 0.5) is 0 Å². The van der Waals surface area contributed by atoms with E-state index in [1.165, 1.54) is 7.11 Å². The van der Waals surface area contributed by atoms with Gasteiger partial charge in [-0.05, 0) is 6.07 Å². The molecule has 0 radical (unpaired) electrons. The molecule has 1 aromatic heterocycles. The molecule has 0 saturated heterocycles. The van der Waals surface area contributed by atoms with Gasteiger partial charge < -0.3 is 21.7 Å². The van der Waals surface area contributed by atoms with E-state index >= 15 is 0 Å². The molecule has 0 bridgehead atoms. The van der Waals surface area contributed by atoms with Gasteiger partial charge in [-0.1, -0.05) is 22.9 Å². The topological polar surface area (TPSA) is 43.1 Å². The van der Waals surface area contributed by atoms with E-state index in [0.29, 0.717) is 0 Å². The summed E-state index contributed by atoms with van der Waals surface area (Å²) >= 11 is 0. The van der Waals surface area contributed by atoms with Gasteiger partial charge in [0.25, 0.3) is 6.04 Å². The summed E-state index contributed by atoms with van der Waals surface area (Å²) in [6.07, 6.45) is 1.78. The summed E-state index contributed by atoms with van der Waals surface area (Å²) in [5.74, 6) is -0.298. The molecule has 0 saturated carbocycles. The monoisotopic (exact) mass is 296 g/mol. The molecule has 1 unspecified atom stereocenters. The van der Waals surface area contributed by atoms with E-state index in [2.05, 4.69) is 9.84 Å². The third-order valence-corrected chi connectivity index (χ3v) is 2.51. The van der Waals surface area contributed by atoms with Gasteiger partial charge in [-0.2, -0.15) is 0 Å². The highest BCUT2D eigenvalue weighted by Crippen LogP contribution is 2.08. The van der Waals surface area contributed by atoms with E-state index in [0.717, 1.165) is 10.9 Å². The zero-order valence-electron chi connectivity index (χ0n) is 9.63. The third kappa shape index (κ3) is 2.79. The first-order chi connectivity index (χ1) is 7.72. The van der Waals surface area contributed by atoms with Crippen LogP contribution in [0.15, 0.2) is 36.5 Å². The van der Waals surface area contributed by atoms with Crippen LogP contribution in [0.2, 0.25) is 0 Å². The van der Waals surface area contributed by atoms with Crippen LogP contribution >= 0.6 is 0 Å². The van der Waals surface area contributed by atoms with E-state index in [1.54, 1.807) is 17.8 Å². The summed E-state index contributed by atoms with van der Waals surface area (Å²) in [6.45, 7) is 1.76. The maximum Gasteiger partial charge on any atom is 0.377 e. The van der Waals surface area contributed by atoms with Gasteiger partial charge in [0.05, 0.1) is 7.11 Å². The van der Waals surface area contributed by atoms with Crippen molar-refractivity contribution in [1.82, 2.24) is 5.10 Å². The average Bonchev–Trinajstić information content (AvgIpc) is 2.36. The molecule has 1 atom stereocenters. The Morgan fingerprint density at radius 1 is 1.35 bits per heavy atom. The van der Waals surface area contributed by atoms with Crippen molar-refractivity contribution in [2.45, 2.75) is 13.0 Å². The molecule has 17 heavy (non-hydrogen) atoms. The van der Waals surface area contributed by atoms with Crippen molar-refractivity contribution in [2.75, 3.05) is 7.11 Å². The highest BCUT2D eigenvalue weighted by Gasteiger charge is 2.24. The van der Waals surface area contributed by atoms with Crippen molar-refractivity contribution in [3.05, 3.63) is 36.5 Å². The lowest BCUT2D eigenvalue weighted by Gasteiger charge is -2.02. The van der Waals surface area contributed by atoms with Crippen LogP contribution in [0, 0.1) is 0 Å². The Labute approximate surface area is 110 Å². The van der Waals surface area contributed by atoms with Gasteiger partial charge in [-0.15, -0.1) is 0 Å². The Balaban J connectivity index is 0.00000144. The van der Waals surface area contributed by atoms with Crippen LogP contribution < -0.4 is 21.7 Å². The normalized spacial score (nSPS) is 11.6. The number of benzene rings is 1. The fourth-order valence-electron chi connectivity index (χ4n) is 1.53. The van der Waals surface area contributed by atoms with Crippen molar-refractivity contribution in [1.29, 1.82) is 0 Å². The number of fused-ring (bicyclic) bond motifs is 1. The Morgan fingerprint density at radius 2 is 2.06 bits per heavy atom. The minimum absolute atomic E-state index is 0. The van der Waals surface area contributed by atoms with E-state index in [1.807, 2.05) is 30.3 Å². The zero-order valence-corrected chi connectivity index (χ0v) is 11.2. The highest BCUT2D eigenvalue weighted by atomic mass is 79.9. The van der Waals surface area contributed by atoms with E-state index in [9.17, 15) is 4.79 Å². The maximum absolute atomic E-state index is 11.4. The van der Waals surface area contributed by atoms with Gasteiger partial charge in [-0.3, -0.25) is 0 Å². The van der Waals surface area contributed by atoms with Crippen LogP contribution in [0.1, 0.15) is 13.0 Å². The second kappa shape index (κ2) is 5.72. The van der Waals surface area contributed by atoms with Gasteiger partial charge in [0.1, 0.15) is 5.52 Å². The number of aromatic nitrogens is 2. The predicted octanol–water partition coefficient (Wildman–Crippen LogP) is -1.74. The number of hydrogen-bond acceptors (Lipinski definition) is 3. The van der Waals surface area contributed by atoms with Crippen LogP contribution in [0.3, 0.4) is 0 Å². The second-order valence-corrected chi connectivity index (χ2v) is 3.55. The fourth-order valence-corrected chi connectivity index (χ4v) is 1.53. The summed E-state index contributed by atoms with van der Waals surface area (Å²) in [4.78, 5) is 11.4. The summed E-state index contributed by atoms with van der Waals surface area (Å²) in [5.41, 5.74) is 0.862. The Bertz CT molecular complexity index is 531. The molecule has 2 rings (SSSR count). The molecule has 0 fully saturated rings. The summed E-state index contributed by atoms with van der Waals surface area (Å²) in [7, 11) is 1.38. The molecule has 0 aliphatic rings. The predicted molar refractivity (Wildman–Crippen MR) is 58.7 cm³/mol. The fraction of sp³-hybridized carbons (Fsp3) is 0.250. The van der Waals surface area contributed by atoms with Crippen LogP contribution in [-0.2, 0) is 9.53 Å². The van der Waals surface area contributed by atoms with Gasteiger partial charge in [0.15, 0.2) is 6.20 Å². The number of carbonyl (C=O) groups is 1. The number of hydrogen-bond donors (Lipinski definition) is 0. The summed E-state index contributed by atoms with van der Waals surface area (Å²) in [5, 5.41) is 5.41. The van der Waals surface area contributed by atoms with Crippen molar-refractivity contribution < 1.29 is 31.2 Å². The van der Waals surface area contributed by atoms with Gasteiger partial charge >= 0.3 is 5.97 Å². The molecule has 5 heteroatoms. The lowest BCUT2D eigenvalue weighted by atomic mass is 10.2. The molecule has 0 N–H and O–H groups in total. The second-order valence-electron chi connectivity index (χ2n) is 3.55. The molecule has 0 aliphatic carbocycles. The number of methoxy groups -OCH3 is 1. The number of esters is 1. The van der Waals surface area contributed by atoms with Gasteiger partial charge in [-0.25, -0.2) is 4.79 Å². The number of nitrogens with zero attached hydrogens (tertiary/aromatic N) is 2. The first-order valence-electron chi connectivity index (χ1n) is 5.07. The van der Waals surface area contributed by atoms with Gasteiger partial charge in [0.2, 0.25) is 0 Å². The molecule has 2 aromatic rings. The van der Waals surface area contributed by atoms with Crippen LogP contribution in [0.5, 0.6) is 0 Å². The number of rotatable bonds is 2. The van der Waals surface area contributed by atoms with E-state index in [4.69, 9.17) is 0 Å². The molecule has 0 amide bonds. The molecule has 0 aliphatic heterocycles. The summed E-state index contributed by atoms with van der Waals surface area (Å²) < 4.78 is 6.28. The number of halogens is 1. The molecular formula is C12H13BrN2O2. The standard InChI is InChI=1S/C12H13N2O2.BrH/c1-9(12(15)16-2)14-8-7-10-5-3-4-6-11(10)13-14;/h3-9H,1-2H3;1H/q+1;/p-1. The molecule has 0 spiro atoms. The minimum Gasteiger partial charge on any atom is -1.00 e. The average molecular weight is 297 g/mol. The third-order valence-electron chi connectivity index (χ3n) is 2.51. The Kier molecular flexibility index (Phi) is 4.57. The van der Waals surface area contributed by atoms with Crippen LogP contribution in [0.25, 0.3) is 10.9 Å². The molecule has 90 valence electrons. The quantitative estimate of drug-likeness (QED) is 0.488. The highest BCUT2D eigenvalue weighted by molar-refractivity contribution is 5.77. The van der Waals surface area contributed by atoms with Crippen molar-refractivity contribution in [3.8, 4) is 0 Å². The molecule has 4 nitrogen and oxygen atoms in total. The zero-order chi connectivity index (χ0) is 11.5. The lowest BCUT2D eigenvalue weighted by Crippen LogP contribution is -3.00. The smallest absolute Gasteiger partial charge is 0.377 e.